The second-order valence-electron chi connectivity index (χ2n) is 8.34. The van der Waals surface area contributed by atoms with Crippen LogP contribution in [0.1, 0.15) is 0 Å². The third-order valence-electron chi connectivity index (χ3n) is 5.86. The molecule has 4 aromatic carbocycles. The average molecular weight is 628 g/mol. The molecule has 2 aliphatic rings. The fourth-order valence-corrected chi connectivity index (χ4v) is 8.84. The van der Waals surface area contributed by atoms with Crippen molar-refractivity contribution in [2.24, 2.45) is 0 Å². The van der Waals surface area contributed by atoms with E-state index in [1.165, 1.54) is 31.8 Å². The third kappa shape index (κ3) is 8.62. The van der Waals surface area contributed by atoms with Crippen LogP contribution in [0.5, 0.6) is 0 Å². The molecule has 0 amide bonds. The molecule has 0 bridgehead atoms. The Balaban J connectivity index is 0.000000165. The Bertz CT molecular complexity index is 1280. The normalized spacial score (nSPS) is 12.6. The van der Waals surface area contributed by atoms with Gasteiger partial charge in [0.05, 0.1) is 0 Å². The van der Waals surface area contributed by atoms with Gasteiger partial charge in [-0.15, -0.1) is 0 Å². The van der Waals surface area contributed by atoms with E-state index in [1.807, 2.05) is 0 Å². The van der Waals surface area contributed by atoms with Crippen LogP contribution in [0.3, 0.4) is 0 Å². The van der Waals surface area contributed by atoms with Crippen molar-refractivity contribution in [2.45, 2.75) is 0 Å². The van der Waals surface area contributed by atoms with Gasteiger partial charge < -0.3 is 0 Å². The molecule has 4 aromatic rings. The Morgan fingerprint density at radius 1 is 0.359 bits per heavy atom. The fourth-order valence-electron chi connectivity index (χ4n) is 4.23. The summed E-state index contributed by atoms with van der Waals surface area (Å²) in [6.07, 6.45) is 17.4. The standard InChI is InChI=1S/2C17H14P.2ClH.Ni/c2*1-3-9-15(10-4-1)18(17-13-7-8-14-17)16-11-5-2-6-12-16;;;/h2*1-14H;2*1H;/q2*+1;;;+2/p-2. The monoisotopic (exact) mass is 626 g/mol. The quantitative estimate of drug-likeness (QED) is 0.158. The van der Waals surface area contributed by atoms with E-state index in [0.29, 0.717) is 12.7 Å². The Hall–Kier alpha value is -2.75. The topological polar surface area (TPSA) is 0 Å². The molecule has 6 rings (SSSR count). The molecule has 0 unspecified atom stereocenters. The van der Waals surface area contributed by atoms with Crippen molar-refractivity contribution < 1.29 is 12.7 Å². The SMILES string of the molecule is C1=CC(=[P+](c2ccccc2)c2ccccc2)C=C1.C1=CC(=[P+](c2ccccc2)c2ccccc2)C=C1.[Cl][Ni][Cl]. The van der Waals surface area contributed by atoms with Gasteiger partial charge in [-0.2, -0.15) is 0 Å². The van der Waals surface area contributed by atoms with Gasteiger partial charge in [-0.3, -0.25) is 0 Å². The summed E-state index contributed by atoms with van der Waals surface area (Å²) in [5, 5.41) is 8.47. The number of hydrogen-bond acceptors (Lipinski definition) is 0. The van der Waals surface area contributed by atoms with Crippen LogP contribution >= 0.6 is 35.5 Å². The van der Waals surface area contributed by atoms with Crippen LogP contribution in [-0.2, 0) is 12.7 Å². The van der Waals surface area contributed by atoms with Crippen LogP contribution in [0.2, 0.25) is 0 Å². The first-order valence-corrected chi connectivity index (χ1v) is 17.8. The molecule has 5 heteroatoms. The number of allylic oxidation sites excluding steroid dienone is 8. The van der Waals surface area contributed by atoms with Crippen LogP contribution in [-0.4, -0.2) is 10.6 Å². The summed E-state index contributed by atoms with van der Waals surface area (Å²) < 4.78 is 0. The Labute approximate surface area is 248 Å². The van der Waals surface area contributed by atoms with Crippen LogP contribution in [0, 0.1) is 0 Å². The van der Waals surface area contributed by atoms with Gasteiger partial charge in [0.1, 0.15) is 0 Å². The summed E-state index contributed by atoms with van der Waals surface area (Å²) in [5.74, 6) is 0. The number of rotatable bonds is 4. The molecule has 196 valence electrons. The summed E-state index contributed by atoms with van der Waals surface area (Å²) in [5.41, 5.74) is 0. The van der Waals surface area contributed by atoms with Crippen molar-refractivity contribution in [1.82, 2.24) is 0 Å². The molecule has 0 nitrogen and oxygen atoms in total. The van der Waals surface area contributed by atoms with Gasteiger partial charge in [-0.05, 0) is 72.8 Å². The molecule has 2 aliphatic carbocycles. The second kappa shape index (κ2) is 16.4. The molecular formula is C34H28Cl2NiP2+2. The van der Waals surface area contributed by atoms with E-state index in [1.54, 1.807) is 0 Å². The van der Waals surface area contributed by atoms with Gasteiger partial charge >= 0.3 is 33.0 Å². The Kier molecular flexibility index (Phi) is 12.3. The van der Waals surface area contributed by atoms with E-state index < -0.39 is 15.1 Å². The molecule has 0 fully saturated rings. The zero-order valence-corrected chi connectivity index (χ0v) is 25.4. The van der Waals surface area contributed by atoms with Crippen LogP contribution < -0.4 is 21.2 Å². The van der Waals surface area contributed by atoms with Crippen molar-refractivity contribution in [2.75, 3.05) is 0 Å². The van der Waals surface area contributed by atoms with Crippen molar-refractivity contribution >= 4 is 67.3 Å². The van der Waals surface area contributed by atoms with Gasteiger partial charge in [0, 0.05) is 0 Å². The van der Waals surface area contributed by atoms with Crippen molar-refractivity contribution in [3.8, 4) is 0 Å². The van der Waals surface area contributed by atoms with Gasteiger partial charge in [-0.1, -0.05) is 97.1 Å². The summed E-state index contributed by atoms with van der Waals surface area (Å²) in [7, 11) is 8.58. The van der Waals surface area contributed by atoms with E-state index in [-0.39, 0.29) is 0 Å². The van der Waals surface area contributed by atoms with Gasteiger partial charge in [-0.25, -0.2) is 0 Å². The first-order chi connectivity index (χ1) is 19.3. The van der Waals surface area contributed by atoms with E-state index in [0.717, 1.165) is 0 Å². The summed E-state index contributed by atoms with van der Waals surface area (Å²) in [4.78, 5) is 0. The first kappa shape index (κ1) is 29.2. The zero-order valence-electron chi connectivity index (χ0n) is 21.1. The maximum absolute atomic E-state index is 4.70. The van der Waals surface area contributed by atoms with Crippen molar-refractivity contribution in [3.05, 3.63) is 170 Å². The molecule has 0 N–H and O–H groups in total. The predicted octanol–water partition coefficient (Wildman–Crippen LogP) is 8.21. The fraction of sp³-hybridized carbons (Fsp3) is 0. The second-order valence-corrected chi connectivity index (χ2v) is 14.4. The first-order valence-electron chi connectivity index (χ1n) is 12.4. The maximum atomic E-state index is 4.70. The molecule has 0 heterocycles. The predicted molar refractivity (Wildman–Crippen MR) is 176 cm³/mol. The van der Waals surface area contributed by atoms with Gasteiger partial charge in [0.15, 0.2) is 46.9 Å². The van der Waals surface area contributed by atoms with E-state index in [2.05, 4.69) is 170 Å². The van der Waals surface area contributed by atoms with Crippen molar-refractivity contribution in [1.29, 1.82) is 0 Å². The minimum atomic E-state index is -0.409. The third-order valence-corrected chi connectivity index (χ3v) is 10.8. The van der Waals surface area contributed by atoms with E-state index in [4.69, 9.17) is 20.4 Å². The number of benzene rings is 4. The van der Waals surface area contributed by atoms with Gasteiger partial charge in [0.25, 0.3) is 0 Å². The molecule has 0 aliphatic heterocycles. The zero-order chi connectivity index (χ0) is 27.1. The number of hydrogen-bond donors (Lipinski definition) is 0. The Morgan fingerprint density at radius 2 is 0.564 bits per heavy atom. The molecular weight excluding hydrogens is 600 g/mol. The van der Waals surface area contributed by atoms with Crippen molar-refractivity contribution in [3.63, 3.8) is 0 Å². The molecule has 0 saturated carbocycles. The molecule has 39 heavy (non-hydrogen) atoms. The molecule has 0 atom stereocenters. The van der Waals surface area contributed by atoms with Gasteiger partial charge in [0.2, 0.25) is 0 Å². The summed E-state index contributed by atoms with van der Waals surface area (Å²) >= 11 is 0.569. The summed E-state index contributed by atoms with van der Waals surface area (Å²) in [6.45, 7) is 0. The van der Waals surface area contributed by atoms with Crippen LogP contribution in [0.15, 0.2) is 170 Å². The average Bonchev–Trinajstić information content (AvgIpc) is 3.72. The Morgan fingerprint density at radius 3 is 0.769 bits per heavy atom. The molecule has 0 aromatic heterocycles. The van der Waals surface area contributed by atoms with E-state index >= 15 is 0 Å². The molecule has 0 spiro atoms. The summed E-state index contributed by atoms with van der Waals surface area (Å²) in [6, 6.07) is 43.1. The van der Waals surface area contributed by atoms with Crippen LogP contribution in [0.4, 0.5) is 0 Å². The van der Waals surface area contributed by atoms with E-state index in [9.17, 15) is 0 Å². The van der Waals surface area contributed by atoms with Crippen LogP contribution in [0.25, 0.3) is 0 Å². The minimum absolute atomic E-state index is 0.409. The molecule has 0 saturated heterocycles. The molecule has 0 radical (unpaired) electrons. The number of halogens is 2.